The first-order valence-electron chi connectivity index (χ1n) is 8.93. The number of ether oxygens (including phenoxy) is 2. The Morgan fingerprint density at radius 1 is 1.29 bits per heavy atom. The number of aromatic nitrogens is 1. The molecule has 7 nitrogen and oxygen atoms in total. The van der Waals surface area contributed by atoms with E-state index >= 15 is 0 Å². The average molecular weight is 390 g/mol. The van der Waals surface area contributed by atoms with Crippen LogP contribution in [-0.2, 0) is 9.53 Å². The molecule has 1 unspecified atom stereocenters. The van der Waals surface area contributed by atoms with Gasteiger partial charge in [0, 0.05) is 12.3 Å². The maximum absolute atomic E-state index is 12.2. The molecule has 0 saturated carbocycles. The summed E-state index contributed by atoms with van der Waals surface area (Å²) in [7, 11) is 0. The minimum absolute atomic E-state index is 0.145. The Morgan fingerprint density at radius 3 is 2.36 bits per heavy atom. The minimum Gasteiger partial charge on any atom is -0.480 e. The van der Waals surface area contributed by atoms with Gasteiger partial charge in [0.25, 0.3) is 5.91 Å². The Kier molecular flexibility index (Phi) is 11.2. The molecule has 7 heteroatoms. The van der Waals surface area contributed by atoms with Gasteiger partial charge in [-0.25, -0.2) is 9.78 Å². The second-order valence-corrected chi connectivity index (χ2v) is 6.28. The number of nitrogens with zero attached hydrogens (tertiary/aromatic N) is 1. The van der Waals surface area contributed by atoms with Gasteiger partial charge in [0.1, 0.15) is 5.76 Å². The SMILES string of the molecule is C=C/C=C(\C=C)Oc1ccc(C(=O)NC(COC(C)(C)C)C(=O)O)cn1.CC. The number of carbonyl (C=O) groups excluding carboxylic acids is 1. The number of aliphatic carboxylic acids is 1. The van der Waals surface area contributed by atoms with Gasteiger partial charge in [-0.15, -0.1) is 0 Å². The molecule has 0 aliphatic carbocycles. The van der Waals surface area contributed by atoms with Gasteiger partial charge in [-0.05, 0) is 39.0 Å². The highest BCUT2D eigenvalue weighted by Gasteiger charge is 2.23. The van der Waals surface area contributed by atoms with Crippen molar-refractivity contribution in [2.24, 2.45) is 0 Å². The smallest absolute Gasteiger partial charge is 0.328 e. The molecule has 1 aromatic heterocycles. The third kappa shape index (κ3) is 9.68. The van der Waals surface area contributed by atoms with Gasteiger partial charge in [0.2, 0.25) is 5.88 Å². The number of nitrogens with one attached hydrogen (secondary N) is 1. The van der Waals surface area contributed by atoms with Crippen molar-refractivity contribution in [2.75, 3.05) is 6.61 Å². The Bertz CT molecular complexity index is 688. The molecule has 0 aromatic carbocycles. The molecule has 28 heavy (non-hydrogen) atoms. The summed E-state index contributed by atoms with van der Waals surface area (Å²) >= 11 is 0. The monoisotopic (exact) mass is 390 g/mol. The third-order valence-corrected chi connectivity index (χ3v) is 2.99. The lowest BCUT2D eigenvalue weighted by Crippen LogP contribution is -2.45. The second-order valence-electron chi connectivity index (χ2n) is 6.28. The molecule has 1 amide bonds. The van der Waals surface area contributed by atoms with E-state index in [0.717, 1.165) is 0 Å². The fourth-order valence-corrected chi connectivity index (χ4v) is 1.71. The van der Waals surface area contributed by atoms with E-state index in [9.17, 15) is 14.7 Å². The van der Waals surface area contributed by atoms with E-state index in [-0.39, 0.29) is 18.1 Å². The molecule has 1 heterocycles. The van der Waals surface area contributed by atoms with Crippen LogP contribution in [0.2, 0.25) is 0 Å². The van der Waals surface area contributed by atoms with Crippen molar-refractivity contribution in [3.8, 4) is 5.88 Å². The van der Waals surface area contributed by atoms with Crippen molar-refractivity contribution in [1.82, 2.24) is 10.3 Å². The number of hydrogen-bond acceptors (Lipinski definition) is 5. The fourth-order valence-electron chi connectivity index (χ4n) is 1.71. The summed E-state index contributed by atoms with van der Waals surface area (Å²) in [5, 5.41) is 11.6. The van der Waals surface area contributed by atoms with E-state index in [1.807, 2.05) is 13.8 Å². The van der Waals surface area contributed by atoms with Crippen LogP contribution in [0.5, 0.6) is 5.88 Å². The zero-order chi connectivity index (χ0) is 21.7. The standard InChI is InChI=1S/C19H24N2O5.C2H6/c1-6-8-14(7-2)26-16-10-9-13(11-20-16)17(22)21-15(18(23)24)12-25-19(3,4)5;1-2/h6-11,15H,1-2,12H2,3-5H3,(H,21,22)(H,23,24);1-2H3/b14-8+;. The predicted molar refractivity (Wildman–Crippen MR) is 109 cm³/mol. The van der Waals surface area contributed by atoms with Gasteiger partial charge in [0.05, 0.1) is 17.8 Å². The van der Waals surface area contributed by atoms with Gasteiger partial charge in [-0.3, -0.25) is 4.79 Å². The van der Waals surface area contributed by atoms with Crippen LogP contribution < -0.4 is 10.1 Å². The highest BCUT2D eigenvalue weighted by molar-refractivity contribution is 5.96. The maximum Gasteiger partial charge on any atom is 0.328 e. The van der Waals surface area contributed by atoms with Crippen LogP contribution in [0.3, 0.4) is 0 Å². The van der Waals surface area contributed by atoms with Crippen LogP contribution in [0, 0.1) is 0 Å². The first-order valence-corrected chi connectivity index (χ1v) is 8.93. The summed E-state index contributed by atoms with van der Waals surface area (Å²) in [6.45, 7) is 16.4. The number of amides is 1. The van der Waals surface area contributed by atoms with Gasteiger partial charge >= 0.3 is 5.97 Å². The second kappa shape index (κ2) is 12.5. The topological polar surface area (TPSA) is 97.8 Å². The quantitative estimate of drug-likeness (QED) is 0.492. The van der Waals surface area contributed by atoms with Crippen LogP contribution in [0.15, 0.2) is 55.5 Å². The van der Waals surface area contributed by atoms with E-state index < -0.39 is 23.5 Å². The van der Waals surface area contributed by atoms with Gasteiger partial charge < -0.3 is 19.9 Å². The van der Waals surface area contributed by atoms with Crippen molar-refractivity contribution >= 4 is 11.9 Å². The van der Waals surface area contributed by atoms with Gasteiger partial charge in [-0.2, -0.15) is 0 Å². The molecule has 0 aliphatic rings. The predicted octanol–water partition coefficient (Wildman–Crippen LogP) is 3.74. The summed E-state index contributed by atoms with van der Waals surface area (Å²) in [4.78, 5) is 27.5. The highest BCUT2D eigenvalue weighted by atomic mass is 16.5. The van der Waals surface area contributed by atoms with Crippen LogP contribution in [-0.4, -0.2) is 40.2 Å². The van der Waals surface area contributed by atoms with Crippen LogP contribution >= 0.6 is 0 Å². The normalized spacial score (nSPS) is 12.1. The van der Waals surface area contributed by atoms with E-state index in [0.29, 0.717) is 5.76 Å². The van der Waals surface area contributed by atoms with Crippen molar-refractivity contribution in [1.29, 1.82) is 0 Å². The largest absolute Gasteiger partial charge is 0.480 e. The molecule has 2 N–H and O–H groups in total. The van der Waals surface area contributed by atoms with Gasteiger partial charge in [-0.1, -0.05) is 33.1 Å². The number of hydrogen-bond donors (Lipinski definition) is 2. The van der Waals surface area contributed by atoms with Crippen LogP contribution in [0.1, 0.15) is 45.0 Å². The minimum atomic E-state index is -1.18. The molecule has 154 valence electrons. The van der Waals surface area contributed by atoms with Crippen molar-refractivity contribution in [3.05, 3.63) is 61.0 Å². The Morgan fingerprint density at radius 2 is 1.93 bits per heavy atom. The van der Waals surface area contributed by atoms with Crippen molar-refractivity contribution in [3.63, 3.8) is 0 Å². The molecule has 0 bridgehead atoms. The summed E-state index contributed by atoms with van der Waals surface area (Å²) < 4.78 is 10.9. The van der Waals surface area contributed by atoms with Crippen molar-refractivity contribution in [2.45, 2.75) is 46.3 Å². The Balaban J connectivity index is 0.00000352. The lowest BCUT2D eigenvalue weighted by Gasteiger charge is -2.23. The molecule has 0 saturated heterocycles. The zero-order valence-electron chi connectivity index (χ0n) is 17.2. The molecule has 0 radical (unpaired) electrons. The van der Waals surface area contributed by atoms with E-state index in [4.69, 9.17) is 9.47 Å². The lowest BCUT2D eigenvalue weighted by molar-refractivity contribution is -0.142. The molecule has 1 atom stereocenters. The maximum atomic E-state index is 12.2. The number of carboxylic acid groups (broad SMARTS) is 1. The van der Waals surface area contributed by atoms with E-state index in [1.54, 1.807) is 32.9 Å². The average Bonchev–Trinajstić information content (AvgIpc) is 2.65. The molecule has 1 aromatic rings. The van der Waals surface area contributed by atoms with Crippen molar-refractivity contribution < 1.29 is 24.2 Å². The fraction of sp³-hybridized carbons (Fsp3) is 0.381. The number of carboxylic acids is 1. The summed E-state index contributed by atoms with van der Waals surface area (Å²) in [5.74, 6) is -1.03. The van der Waals surface area contributed by atoms with Crippen LogP contribution in [0.25, 0.3) is 0 Å². The number of pyridine rings is 1. The first kappa shape index (κ1) is 25.1. The molecular weight excluding hydrogens is 360 g/mol. The summed E-state index contributed by atoms with van der Waals surface area (Å²) in [6.07, 6.45) is 5.95. The molecule has 1 rings (SSSR count). The number of allylic oxidation sites excluding steroid dienone is 3. The molecule has 0 fully saturated rings. The summed E-state index contributed by atoms with van der Waals surface area (Å²) in [6, 6.07) is 1.81. The Hall–Kier alpha value is -2.93. The molecule has 0 aliphatic heterocycles. The number of carbonyl (C=O) groups is 2. The van der Waals surface area contributed by atoms with E-state index in [1.165, 1.54) is 24.4 Å². The highest BCUT2D eigenvalue weighted by Crippen LogP contribution is 2.12. The molecule has 0 spiro atoms. The number of rotatable bonds is 9. The van der Waals surface area contributed by atoms with E-state index in [2.05, 4.69) is 23.5 Å². The van der Waals surface area contributed by atoms with Crippen LogP contribution in [0.4, 0.5) is 0 Å². The third-order valence-electron chi connectivity index (χ3n) is 2.99. The zero-order valence-corrected chi connectivity index (χ0v) is 17.2. The molecular formula is C21H30N2O5. The lowest BCUT2D eigenvalue weighted by atomic mass is 10.2. The summed E-state index contributed by atoms with van der Waals surface area (Å²) in [5.41, 5.74) is -0.312. The first-order chi connectivity index (χ1) is 13.2. The van der Waals surface area contributed by atoms with Gasteiger partial charge in [0.15, 0.2) is 6.04 Å². The Labute approximate surface area is 166 Å².